The first-order chi connectivity index (χ1) is 13.8. The van der Waals surface area contributed by atoms with Crippen molar-refractivity contribution in [3.8, 4) is 0 Å². The van der Waals surface area contributed by atoms with E-state index in [2.05, 4.69) is 28.6 Å². The van der Waals surface area contributed by atoms with Crippen LogP contribution < -0.4 is 16.0 Å². The van der Waals surface area contributed by atoms with E-state index < -0.39 is 35.5 Å². The van der Waals surface area contributed by atoms with Crippen LogP contribution in [0.2, 0.25) is 0 Å². The third kappa shape index (κ3) is 8.86. The highest BCUT2D eigenvalue weighted by molar-refractivity contribution is 7.80. The van der Waals surface area contributed by atoms with Gasteiger partial charge in [0.05, 0.1) is 6.21 Å². The molecule has 0 aliphatic carbocycles. The van der Waals surface area contributed by atoms with E-state index in [0.717, 1.165) is 0 Å². The lowest BCUT2D eigenvalue weighted by Crippen LogP contribution is -2.54. The van der Waals surface area contributed by atoms with Gasteiger partial charge in [-0.2, -0.15) is 12.6 Å². The molecule has 3 amide bonds. The van der Waals surface area contributed by atoms with Gasteiger partial charge in [-0.1, -0.05) is 19.1 Å². The Kier molecular flexibility index (Phi) is 10.6. The molecular formula is C19H25FN4O4S. The fourth-order valence-electron chi connectivity index (χ4n) is 2.31. The van der Waals surface area contributed by atoms with Crippen LogP contribution in [0.3, 0.4) is 0 Å². The summed E-state index contributed by atoms with van der Waals surface area (Å²) in [6.45, 7) is 1.74. The Morgan fingerprint density at radius 3 is 2.31 bits per heavy atom. The van der Waals surface area contributed by atoms with Crippen molar-refractivity contribution in [3.63, 3.8) is 0 Å². The van der Waals surface area contributed by atoms with E-state index in [-0.39, 0.29) is 37.5 Å². The van der Waals surface area contributed by atoms with Crippen molar-refractivity contribution in [2.24, 2.45) is 0 Å². The maximum atomic E-state index is 13.0. The standard InChI is InChI=1S/C19H25FN4O4S/c1-2-17(26)23-16(11-29)19(28)24-15(8-7-14(25)9-21)18(27)22-10-12-3-5-13(20)6-4-12/h3-6,9,15-16,21,29H,2,7-8,10-11H2,1H3,(H,22,27)(H,23,26)(H,24,28)/t15-,16-/m0/s1. The topological polar surface area (TPSA) is 128 Å². The molecule has 1 aromatic carbocycles. The minimum atomic E-state index is -1.05. The van der Waals surface area contributed by atoms with Crippen LogP contribution in [0.1, 0.15) is 31.7 Å². The minimum Gasteiger partial charge on any atom is -0.350 e. The van der Waals surface area contributed by atoms with Crippen molar-refractivity contribution in [2.45, 2.75) is 44.8 Å². The third-order valence-corrected chi connectivity index (χ3v) is 4.37. The van der Waals surface area contributed by atoms with Gasteiger partial charge in [-0.05, 0) is 24.1 Å². The quantitative estimate of drug-likeness (QED) is 0.251. The van der Waals surface area contributed by atoms with Gasteiger partial charge in [-0.3, -0.25) is 19.2 Å². The van der Waals surface area contributed by atoms with Crippen molar-refractivity contribution in [1.29, 1.82) is 5.41 Å². The highest BCUT2D eigenvalue weighted by atomic mass is 32.1. The number of ketones is 1. The second-order valence-corrected chi connectivity index (χ2v) is 6.58. The number of amides is 3. The van der Waals surface area contributed by atoms with Gasteiger partial charge in [0.2, 0.25) is 17.7 Å². The monoisotopic (exact) mass is 424 g/mol. The molecule has 1 rings (SSSR count). The normalized spacial score (nSPS) is 12.4. The minimum absolute atomic E-state index is 0.0176. The maximum absolute atomic E-state index is 13.0. The molecule has 29 heavy (non-hydrogen) atoms. The maximum Gasteiger partial charge on any atom is 0.244 e. The first kappa shape index (κ1) is 24.3. The largest absolute Gasteiger partial charge is 0.350 e. The van der Waals surface area contributed by atoms with E-state index in [1.165, 1.54) is 24.3 Å². The smallest absolute Gasteiger partial charge is 0.244 e. The van der Waals surface area contributed by atoms with Crippen LogP contribution in [0, 0.1) is 11.2 Å². The highest BCUT2D eigenvalue weighted by Gasteiger charge is 2.26. The van der Waals surface area contributed by atoms with E-state index in [0.29, 0.717) is 11.8 Å². The van der Waals surface area contributed by atoms with Crippen molar-refractivity contribution in [3.05, 3.63) is 35.6 Å². The predicted molar refractivity (Wildman–Crippen MR) is 109 cm³/mol. The lowest BCUT2D eigenvalue weighted by atomic mass is 10.1. The summed E-state index contributed by atoms with van der Waals surface area (Å²) in [4.78, 5) is 47.9. The van der Waals surface area contributed by atoms with E-state index in [9.17, 15) is 23.6 Å². The second kappa shape index (κ2) is 12.7. The fraction of sp³-hybridized carbons (Fsp3) is 0.421. The van der Waals surface area contributed by atoms with E-state index >= 15 is 0 Å². The molecule has 8 nitrogen and oxygen atoms in total. The molecular weight excluding hydrogens is 399 g/mol. The molecule has 0 fully saturated rings. The molecule has 10 heteroatoms. The Morgan fingerprint density at radius 1 is 1.10 bits per heavy atom. The molecule has 0 aliphatic rings. The predicted octanol–water partition coefficient (Wildman–Crippen LogP) is 0.750. The van der Waals surface area contributed by atoms with Crippen LogP contribution in [-0.2, 0) is 25.7 Å². The summed E-state index contributed by atoms with van der Waals surface area (Å²) < 4.78 is 13.0. The lowest BCUT2D eigenvalue weighted by molar-refractivity contribution is -0.131. The van der Waals surface area contributed by atoms with Gasteiger partial charge >= 0.3 is 0 Å². The molecule has 0 saturated heterocycles. The molecule has 1 aromatic rings. The molecule has 0 radical (unpaired) electrons. The molecule has 0 heterocycles. The van der Waals surface area contributed by atoms with Gasteiger partial charge in [-0.25, -0.2) is 4.39 Å². The number of halogens is 1. The van der Waals surface area contributed by atoms with Crippen molar-refractivity contribution in [1.82, 2.24) is 16.0 Å². The number of carbonyl (C=O) groups excluding carboxylic acids is 4. The van der Waals surface area contributed by atoms with Gasteiger partial charge in [0.25, 0.3) is 0 Å². The summed E-state index contributed by atoms with van der Waals surface area (Å²) in [5, 5.41) is 14.6. The summed E-state index contributed by atoms with van der Waals surface area (Å²) >= 11 is 4.05. The summed E-state index contributed by atoms with van der Waals surface area (Å²) in [7, 11) is 0. The van der Waals surface area contributed by atoms with Gasteiger partial charge in [0.15, 0.2) is 5.78 Å². The Balaban J connectivity index is 2.79. The molecule has 0 aliphatic heterocycles. The molecule has 0 bridgehead atoms. The van der Waals surface area contributed by atoms with Crippen LogP contribution in [0.15, 0.2) is 24.3 Å². The summed E-state index contributed by atoms with van der Waals surface area (Å²) in [6.07, 6.45) is 0.710. The van der Waals surface area contributed by atoms with Crippen molar-refractivity contribution in [2.75, 3.05) is 5.75 Å². The molecule has 0 aromatic heterocycles. The second-order valence-electron chi connectivity index (χ2n) is 6.21. The van der Waals surface area contributed by atoms with Gasteiger partial charge in [-0.15, -0.1) is 0 Å². The first-order valence-corrected chi connectivity index (χ1v) is 9.70. The van der Waals surface area contributed by atoms with E-state index in [4.69, 9.17) is 5.41 Å². The Bertz CT molecular complexity index is 742. The number of carbonyl (C=O) groups is 4. The fourth-order valence-corrected chi connectivity index (χ4v) is 2.56. The van der Waals surface area contributed by atoms with Crippen LogP contribution in [-0.4, -0.2) is 47.6 Å². The zero-order chi connectivity index (χ0) is 21.8. The number of nitrogens with one attached hydrogen (secondary N) is 4. The van der Waals surface area contributed by atoms with Gasteiger partial charge in [0.1, 0.15) is 17.9 Å². The van der Waals surface area contributed by atoms with Crippen LogP contribution >= 0.6 is 12.6 Å². The third-order valence-electron chi connectivity index (χ3n) is 4.01. The summed E-state index contributed by atoms with van der Waals surface area (Å²) in [5.41, 5.74) is 0.656. The highest BCUT2D eigenvalue weighted by Crippen LogP contribution is 2.04. The Morgan fingerprint density at radius 2 is 1.76 bits per heavy atom. The number of hydrogen-bond acceptors (Lipinski definition) is 6. The summed E-state index contributed by atoms with van der Waals surface area (Å²) in [5.74, 6) is -2.34. The number of benzene rings is 1. The zero-order valence-electron chi connectivity index (χ0n) is 16.0. The molecule has 2 atom stereocenters. The zero-order valence-corrected chi connectivity index (χ0v) is 16.9. The van der Waals surface area contributed by atoms with Crippen LogP contribution in [0.5, 0.6) is 0 Å². The lowest BCUT2D eigenvalue weighted by Gasteiger charge is -2.22. The number of thiol groups is 1. The van der Waals surface area contributed by atoms with E-state index in [1.54, 1.807) is 6.92 Å². The van der Waals surface area contributed by atoms with Crippen LogP contribution in [0.25, 0.3) is 0 Å². The number of hydrogen-bond donors (Lipinski definition) is 5. The van der Waals surface area contributed by atoms with E-state index in [1.807, 2.05) is 0 Å². The molecule has 158 valence electrons. The summed E-state index contributed by atoms with van der Waals surface area (Å²) in [6, 6.07) is 3.57. The van der Waals surface area contributed by atoms with Gasteiger partial charge in [0, 0.05) is 25.1 Å². The molecule has 4 N–H and O–H groups in total. The average molecular weight is 424 g/mol. The first-order valence-electron chi connectivity index (χ1n) is 9.06. The SMILES string of the molecule is CCC(=O)N[C@@H](CS)C(=O)N[C@@H](CCC(=O)C=N)C(=O)NCc1ccc(F)cc1. The molecule has 0 saturated carbocycles. The van der Waals surface area contributed by atoms with Crippen molar-refractivity contribution >= 4 is 42.3 Å². The molecule has 0 unspecified atom stereocenters. The Labute approximate surface area is 173 Å². The van der Waals surface area contributed by atoms with Crippen LogP contribution in [0.4, 0.5) is 4.39 Å². The number of rotatable bonds is 12. The van der Waals surface area contributed by atoms with Crippen molar-refractivity contribution < 1.29 is 23.6 Å². The average Bonchev–Trinajstić information content (AvgIpc) is 2.73. The number of Topliss-reactive ketones (excluding diaryl/α,β-unsaturated/α-hetero) is 1. The molecule has 0 spiro atoms. The van der Waals surface area contributed by atoms with Gasteiger partial charge < -0.3 is 21.4 Å². The Hall–Kier alpha value is -2.75.